The molecular formula is C30H65N5O2. The molecule has 0 atom stereocenters. The molecule has 0 aromatic rings. The van der Waals surface area contributed by atoms with Crippen LogP contribution in [-0.2, 0) is 0 Å². The SMILES string of the molecule is CCCCCCCCCCCCCCCCCCCCCCCCCCCCCNNNNNC(=O)O. The molecular weight excluding hydrogens is 462 g/mol. The van der Waals surface area contributed by atoms with E-state index in [4.69, 9.17) is 5.11 Å². The van der Waals surface area contributed by atoms with Gasteiger partial charge in [-0.25, -0.2) is 15.6 Å². The zero-order valence-corrected chi connectivity index (χ0v) is 24.7. The number of nitrogens with one attached hydrogen (secondary N) is 5. The summed E-state index contributed by atoms with van der Waals surface area (Å²) in [6.45, 7) is 3.14. The number of hydrogen-bond acceptors (Lipinski definition) is 5. The highest BCUT2D eigenvalue weighted by Crippen LogP contribution is 2.16. The molecule has 222 valence electrons. The fourth-order valence-corrected chi connectivity index (χ4v) is 4.93. The monoisotopic (exact) mass is 528 g/mol. The third-order valence-electron chi connectivity index (χ3n) is 7.29. The van der Waals surface area contributed by atoms with Crippen LogP contribution in [0.3, 0.4) is 0 Å². The number of hydrogen-bond donors (Lipinski definition) is 6. The van der Waals surface area contributed by atoms with Gasteiger partial charge in [-0.05, 0) is 6.42 Å². The van der Waals surface area contributed by atoms with Crippen LogP contribution in [0.1, 0.15) is 180 Å². The van der Waals surface area contributed by atoms with Crippen molar-refractivity contribution >= 4 is 6.09 Å². The fourth-order valence-electron chi connectivity index (χ4n) is 4.93. The number of carbonyl (C=O) groups is 1. The molecule has 0 saturated heterocycles. The van der Waals surface area contributed by atoms with Crippen molar-refractivity contribution < 1.29 is 9.90 Å². The minimum Gasteiger partial charge on any atom is -0.464 e. The van der Waals surface area contributed by atoms with Gasteiger partial charge in [-0.2, -0.15) is 16.6 Å². The Morgan fingerprint density at radius 1 is 0.432 bits per heavy atom. The first-order valence-corrected chi connectivity index (χ1v) is 16.2. The van der Waals surface area contributed by atoms with E-state index in [0.717, 1.165) is 13.0 Å². The van der Waals surface area contributed by atoms with E-state index in [0.29, 0.717) is 0 Å². The molecule has 0 spiro atoms. The number of hydrazine groups is 4. The van der Waals surface area contributed by atoms with Crippen LogP contribution in [0, 0.1) is 0 Å². The first-order valence-electron chi connectivity index (χ1n) is 16.2. The second-order valence-electron chi connectivity index (χ2n) is 10.9. The van der Waals surface area contributed by atoms with Crippen LogP contribution in [0.15, 0.2) is 0 Å². The Morgan fingerprint density at radius 2 is 0.730 bits per heavy atom. The van der Waals surface area contributed by atoms with Crippen LogP contribution in [0.2, 0.25) is 0 Å². The number of unbranched alkanes of at least 4 members (excludes halogenated alkanes) is 26. The van der Waals surface area contributed by atoms with Crippen LogP contribution < -0.4 is 27.5 Å². The van der Waals surface area contributed by atoms with Crippen molar-refractivity contribution in [3.8, 4) is 0 Å². The lowest BCUT2D eigenvalue weighted by Gasteiger charge is -2.09. The lowest BCUT2D eigenvalue weighted by molar-refractivity contribution is 0.182. The van der Waals surface area contributed by atoms with Gasteiger partial charge in [-0.1, -0.05) is 174 Å². The van der Waals surface area contributed by atoms with E-state index < -0.39 is 6.09 Å². The van der Waals surface area contributed by atoms with Crippen molar-refractivity contribution in [1.82, 2.24) is 27.5 Å². The predicted octanol–water partition coefficient (Wildman–Crippen LogP) is 8.83. The predicted molar refractivity (Wildman–Crippen MR) is 159 cm³/mol. The lowest BCUT2D eigenvalue weighted by atomic mass is 10.0. The molecule has 37 heavy (non-hydrogen) atoms. The second-order valence-corrected chi connectivity index (χ2v) is 10.9. The molecule has 0 rings (SSSR count). The summed E-state index contributed by atoms with van der Waals surface area (Å²) in [6.07, 6.45) is 37.1. The van der Waals surface area contributed by atoms with Gasteiger partial charge in [-0.3, -0.25) is 0 Å². The van der Waals surface area contributed by atoms with Crippen LogP contribution in [0.4, 0.5) is 4.79 Å². The molecule has 0 bridgehead atoms. The molecule has 0 aromatic heterocycles. The number of carboxylic acid groups (broad SMARTS) is 1. The van der Waals surface area contributed by atoms with Crippen molar-refractivity contribution in [2.24, 2.45) is 0 Å². The third kappa shape index (κ3) is 35.1. The largest absolute Gasteiger partial charge is 0.464 e. The van der Waals surface area contributed by atoms with E-state index in [1.807, 2.05) is 5.43 Å². The van der Waals surface area contributed by atoms with Crippen molar-refractivity contribution in [3.63, 3.8) is 0 Å². The summed E-state index contributed by atoms with van der Waals surface area (Å²) < 4.78 is 0. The molecule has 7 nitrogen and oxygen atoms in total. The van der Waals surface area contributed by atoms with E-state index in [-0.39, 0.29) is 0 Å². The Hall–Kier alpha value is -0.890. The standard InChI is InChI=1S/C30H65N5O2/c1-2-3-4-5-6-7-8-9-10-11-12-13-14-15-16-17-18-19-20-21-22-23-24-25-26-27-28-29-31-33-35-34-32-30(36)37/h31-35H,2-29H2,1H3,(H,36,37). The Bertz CT molecular complexity index is 440. The van der Waals surface area contributed by atoms with Gasteiger partial charge in [0.25, 0.3) is 0 Å². The minimum absolute atomic E-state index is 0.848. The minimum atomic E-state index is -1.14. The molecule has 7 heteroatoms. The smallest absolute Gasteiger partial charge is 0.420 e. The van der Waals surface area contributed by atoms with Gasteiger partial charge in [0.15, 0.2) is 0 Å². The highest BCUT2D eigenvalue weighted by atomic mass is 16.4. The van der Waals surface area contributed by atoms with Crippen molar-refractivity contribution in [2.75, 3.05) is 6.54 Å². The maximum atomic E-state index is 10.2. The van der Waals surface area contributed by atoms with Crippen LogP contribution in [0.25, 0.3) is 0 Å². The Morgan fingerprint density at radius 3 is 1.03 bits per heavy atom. The summed E-state index contributed by atoms with van der Waals surface area (Å²) in [6, 6.07) is 0. The van der Waals surface area contributed by atoms with Crippen LogP contribution in [-0.4, -0.2) is 17.7 Å². The summed E-state index contributed by atoms with van der Waals surface area (Å²) in [5.74, 6) is 0. The molecule has 0 saturated carbocycles. The summed E-state index contributed by atoms with van der Waals surface area (Å²) in [7, 11) is 0. The van der Waals surface area contributed by atoms with Gasteiger partial charge in [-0.15, -0.1) is 0 Å². The van der Waals surface area contributed by atoms with Crippen molar-refractivity contribution in [3.05, 3.63) is 0 Å². The molecule has 0 unspecified atom stereocenters. The van der Waals surface area contributed by atoms with Gasteiger partial charge < -0.3 is 5.11 Å². The Labute approximate surface area is 230 Å². The first kappa shape index (κ1) is 36.1. The summed E-state index contributed by atoms with van der Waals surface area (Å²) in [5, 5.41) is 8.36. The van der Waals surface area contributed by atoms with E-state index in [1.165, 1.54) is 167 Å². The van der Waals surface area contributed by atoms with Gasteiger partial charge >= 0.3 is 6.09 Å². The molecule has 0 fully saturated rings. The average Bonchev–Trinajstić information content (AvgIpc) is 2.89. The van der Waals surface area contributed by atoms with E-state index in [1.54, 1.807) is 0 Å². The van der Waals surface area contributed by atoms with Gasteiger partial charge in [0, 0.05) is 6.54 Å². The second kappa shape index (κ2) is 33.1. The van der Waals surface area contributed by atoms with Crippen LogP contribution >= 0.6 is 0 Å². The zero-order chi connectivity index (χ0) is 26.9. The number of rotatable bonds is 32. The topological polar surface area (TPSA) is 97.5 Å². The maximum Gasteiger partial charge on any atom is 0.420 e. The average molecular weight is 528 g/mol. The summed E-state index contributed by atoms with van der Waals surface area (Å²) >= 11 is 0. The third-order valence-corrected chi connectivity index (χ3v) is 7.29. The lowest BCUT2D eigenvalue weighted by Crippen LogP contribution is -2.56. The Kier molecular flexibility index (Phi) is 32.3. The molecule has 0 aliphatic heterocycles. The highest BCUT2D eigenvalue weighted by Gasteiger charge is 1.97. The molecule has 0 aliphatic carbocycles. The summed E-state index contributed by atoms with van der Waals surface area (Å²) in [5.41, 5.74) is 12.4. The molecule has 0 heterocycles. The molecule has 1 amide bonds. The molecule has 6 N–H and O–H groups in total. The number of amides is 1. The quantitative estimate of drug-likeness (QED) is 0.0386. The van der Waals surface area contributed by atoms with Crippen molar-refractivity contribution in [2.45, 2.75) is 180 Å². The summed E-state index contributed by atoms with van der Waals surface area (Å²) in [4.78, 5) is 10.2. The van der Waals surface area contributed by atoms with Gasteiger partial charge in [0.2, 0.25) is 0 Å². The molecule has 0 aromatic carbocycles. The van der Waals surface area contributed by atoms with Gasteiger partial charge in [0.05, 0.1) is 0 Å². The highest BCUT2D eigenvalue weighted by molar-refractivity contribution is 5.63. The fraction of sp³-hybridized carbons (Fsp3) is 0.967. The first-order chi connectivity index (χ1) is 18.3. The van der Waals surface area contributed by atoms with Gasteiger partial charge in [0.1, 0.15) is 0 Å². The molecule has 0 radical (unpaired) electrons. The molecule has 0 aliphatic rings. The van der Waals surface area contributed by atoms with E-state index in [2.05, 4.69) is 29.0 Å². The van der Waals surface area contributed by atoms with E-state index >= 15 is 0 Å². The van der Waals surface area contributed by atoms with Crippen LogP contribution in [0.5, 0.6) is 0 Å². The Balaban J connectivity index is 3.02. The zero-order valence-electron chi connectivity index (χ0n) is 24.7. The van der Waals surface area contributed by atoms with E-state index in [9.17, 15) is 4.79 Å². The van der Waals surface area contributed by atoms with Crippen molar-refractivity contribution in [1.29, 1.82) is 0 Å². The maximum absolute atomic E-state index is 10.2. The normalized spacial score (nSPS) is 11.3.